The van der Waals surface area contributed by atoms with Gasteiger partial charge >= 0.3 is 0 Å². The topological polar surface area (TPSA) is 49.4 Å². The molecule has 0 aromatic heterocycles. The van der Waals surface area contributed by atoms with Crippen molar-refractivity contribution in [3.8, 4) is 0 Å². The molecule has 1 aliphatic heterocycles. The first-order valence-corrected chi connectivity index (χ1v) is 6.30. The fourth-order valence-corrected chi connectivity index (χ4v) is 2.20. The first-order valence-electron chi connectivity index (χ1n) is 6.30. The van der Waals surface area contributed by atoms with Gasteiger partial charge < -0.3 is 10.2 Å². The molecular formula is C14H16F2N2O2. The molecule has 1 fully saturated rings. The lowest BCUT2D eigenvalue weighted by Gasteiger charge is -2.41. The van der Waals surface area contributed by atoms with Gasteiger partial charge in [0.15, 0.2) is 0 Å². The summed E-state index contributed by atoms with van der Waals surface area (Å²) in [4.78, 5) is 25.3. The monoisotopic (exact) mass is 282 g/mol. The highest BCUT2D eigenvalue weighted by Gasteiger charge is 2.43. The number of carbonyl (C=O) groups is 2. The highest BCUT2D eigenvalue weighted by Crippen LogP contribution is 2.22. The molecule has 0 bridgehead atoms. The predicted octanol–water partition coefficient (Wildman–Crippen LogP) is 1.59. The fraction of sp³-hybridized carbons (Fsp3) is 0.429. The molecule has 2 amide bonds. The van der Waals surface area contributed by atoms with Crippen LogP contribution in [0.25, 0.3) is 0 Å². The SMILES string of the molecule is CC1C(=O)NC(C)(C)C(=O)N1Cc1c(F)cccc1F. The zero-order valence-corrected chi connectivity index (χ0v) is 11.5. The van der Waals surface area contributed by atoms with E-state index >= 15 is 0 Å². The third-order valence-corrected chi connectivity index (χ3v) is 3.47. The zero-order chi connectivity index (χ0) is 15.1. The van der Waals surface area contributed by atoms with Crippen molar-refractivity contribution in [3.05, 3.63) is 35.4 Å². The average molecular weight is 282 g/mol. The molecule has 1 aromatic carbocycles. The van der Waals surface area contributed by atoms with Crippen LogP contribution in [0.15, 0.2) is 18.2 Å². The summed E-state index contributed by atoms with van der Waals surface area (Å²) in [6.45, 7) is 4.38. The molecule has 1 atom stereocenters. The number of piperazine rings is 1. The molecule has 1 N–H and O–H groups in total. The maximum atomic E-state index is 13.7. The number of halogens is 2. The van der Waals surface area contributed by atoms with Crippen molar-refractivity contribution in [2.24, 2.45) is 0 Å². The third kappa shape index (κ3) is 2.37. The Labute approximate surface area is 115 Å². The molecule has 1 aromatic rings. The van der Waals surface area contributed by atoms with E-state index in [0.29, 0.717) is 0 Å². The lowest BCUT2D eigenvalue weighted by atomic mass is 9.96. The highest BCUT2D eigenvalue weighted by molar-refractivity contribution is 5.99. The van der Waals surface area contributed by atoms with Crippen LogP contribution in [0.4, 0.5) is 8.78 Å². The largest absolute Gasteiger partial charge is 0.340 e. The molecule has 1 unspecified atom stereocenters. The number of hydrogen-bond donors (Lipinski definition) is 1. The quantitative estimate of drug-likeness (QED) is 0.895. The third-order valence-electron chi connectivity index (χ3n) is 3.47. The van der Waals surface area contributed by atoms with Crippen LogP contribution in [0.5, 0.6) is 0 Å². The minimum atomic E-state index is -1.08. The molecular weight excluding hydrogens is 266 g/mol. The van der Waals surface area contributed by atoms with Crippen molar-refractivity contribution in [2.45, 2.75) is 38.9 Å². The number of benzene rings is 1. The van der Waals surface area contributed by atoms with Crippen LogP contribution in [-0.2, 0) is 16.1 Å². The number of amides is 2. The molecule has 1 heterocycles. The van der Waals surface area contributed by atoms with E-state index in [1.165, 1.54) is 17.9 Å². The molecule has 0 radical (unpaired) electrons. The van der Waals surface area contributed by atoms with Gasteiger partial charge in [-0.1, -0.05) is 6.07 Å². The van der Waals surface area contributed by atoms with Gasteiger partial charge in [-0.05, 0) is 32.9 Å². The van der Waals surface area contributed by atoms with Crippen molar-refractivity contribution < 1.29 is 18.4 Å². The van der Waals surface area contributed by atoms with E-state index in [1.54, 1.807) is 13.8 Å². The molecule has 1 saturated heterocycles. The van der Waals surface area contributed by atoms with Crippen LogP contribution in [0.3, 0.4) is 0 Å². The Morgan fingerprint density at radius 1 is 1.25 bits per heavy atom. The van der Waals surface area contributed by atoms with Gasteiger partial charge in [0.05, 0.1) is 6.54 Å². The first-order chi connectivity index (χ1) is 9.24. The summed E-state index contributed by atoms with van der Waals surface area (Å²) in [6, 6.07) is 2.74. The molecule has 0 aliphatic carbocycles. The van der Waals surface area contributed by atoms with Crippen LogP contribution in [0.2, 0.25) is 0 Å². The van der Waals surface area contributed by atoms with E-state index < -0.39 is 23.2 Å². The Hall–Kier alpha value is -1.98. The van der Waals surface area contributed by atoms with Gasteiger partial charge in [-0.15, -0.1) is 0 Å². The van der Waals surface area contributed by atoms with Crippen molar-refractivity contribution in [2.75, 3.05) is 0 Å². The van der Waals surface area contributed by atoms with Crippen molar-refractivity contribution in [3.63, 3.8) is 0 Å². The predicted molar refractivity (Wildman–Crippen MR) is 68.6 cm³/mol. The Morgan fingerprint density at radius 2 is 1.80 bits per heavy atom. The Kier molecular flexibility index (Phi) is 3.50. The molecule has 6 heteroatoms. The minimum Gasteiger partial charge on any atom is -0.340 e. The van der Waals surface area contributed by atoms with Crippen LogP contribution in [0, 0.1) is 11.6 Å². The second-order valence-electron chi connectivity index (χ2n) is 5.42. The average Bonchev–Trinajstić information content (AvgIpc) is 2.35. The maximum Gasteiger partial charge on any atom is 0.248 e. The van der Waals surface area contributed by atoms with E-state index in [9.17, 15) is 18.4 Å². The molecule has 0 spiro atoms. The van der Waals surface area contributed by atoms with E-state index in [1.807, 2.05) is 0 Å². The molecule has 4 nitrogen and oxygen atoms in total. The summed E-state index contributed by atoms with van der Waals surface area (Å²) in [5.41, 5.74) is -1.29. The van der Waals surface area contributed by atoms with Gasteiger partial charge in [0.2, 0.25) is 11.8 Å². The number of nitrogens with zero attached hydrogens (tertiary/aromatic N) is 1. The van der Waals surface area contributed by atoms with Crippen LogP contribution in [-0.4, -0.2) is 28.3 Å². The number of carbonyl (C=O) groups excluding carboxylic acids is 2. The van der Waals surface area contributed by atoms with Gasteiger partial charge in [0.1, 0.15) is 23.2 Å². The van der Waals surface area contributed by atoms with Gasteiger partial charge in [-0.2, -0.15) is 0 Å². The Balaban J connectivity index is 2.35. The lowest BCUT2D eigenvalue weighted by Crippen LogP contribution is -2.67. The van der Waals surface area contributed by atoms with E-state index in [4.69, 9.17) is 0 Å². The van der Waals surface area contributed by atoms with Crippen LogP contribution < -0.4 is 5.32 Å². The van der Waals surface area contributed by atoms with E-state index in [-0.39, 0.29) is 23.9 Å². The van der Waals surface area contributed by atoms with Crippen molar-refractivity contribution in [1.82, 2.24) is 10.2 Å². The van der Waals surface area contributed by atoms with Crippen LogP contribution in [0.1, 0.15) is 26.3 Å². The second kappa shape index (κ2) is 4.85. The second-order valence-corrected chi connectivity index (χ2v) is 5.42. The van der Waals surface area contributed by atoms with E-state index in [0.717, 1.165) is 12.1 Å². The Morgan fingerprint density at radius 3 is 2.35 bits per heavy atom. The normalized spacial score (nSPS) is 21.9. The van der Waals surface area contributed by atoms with Gasteiger partial charge in [-0.25, -0.2) is 8.78 Å². The van der Waals surface area contributed by atoms with Crippen molar-refractivity contribution >= 4 is 11.8 Å². The van der Waals surface area contributed by atoms with Gasteiger partial charge in [0.25, 0.3) is 0 Å². The first kappa shape index (κ1) is 14.4. The summed E-state index contributed by atoms with van der Waals surface area (Å²) in [5, 5.41) is 2.58. The minimum absolute atomic E-state index is 0.210. The summed E-state index contributed by atoms with van der Waals surface area (Å²) >= 11 is 0. The molecule has 0 saturated carbocycles. The summed E-state index contributed by atoms with van der Waals surface area (Å²) < 4.78 is 27.3. The van der Waals surface area contributed by atoms with Crippen LogP contribution >= 0.6 is 0 Å². The molecule has 1 aliphatic rings. The fourth-order valence-electron chi connectivity index (χ4n) is 2.20. The number of nitrogens with one attached hydrogen (secondary N) is 1. The molecule has 20 heavy (non-hydrogen) atoms. The number of hydrogen-bond acceptors (Lipinski definition) is 2. The van der Waals surface area contributed by atoms with Crippen molar-refractivity contribution in [1.29, 1.82) is 0 Å². The number of rotatable bonds is 2. The molecule has 2 rings (SSSR count). The standard InChI is InChI=1S/C14H16F2N2O2/c1-8-12(19)17-14(2,3)13(20)18(8)7-9-10(15)5-4-6-11(9)16/h4-6,8H,7H2,1-3H3,(H,17,19). The maximum absolute atomic E-state index is 13.7. The Bertz CT molecular complexity index is 552. The smallest absolute Gasteiger partial charge is 0.248 e. The summed E-state index contributed by atoms with van der Waals surface area (Å²) in [5.74, 6) is -2.17. The van der Waals surface area contributed by atoms with Gasteiger partial charge in [0, 0.05) is 5.56 Å². The summed E-state index contributed by atoms with van der Waals surface area (Å²) in [7, 11) is 0. The van der Waals surface area contributed by atoms with E-state index in [2.05, 4.69) is 5.32 Å². The summed E-state index contributed by atoms with van der Waals surface area (Å²) in [6.07, 6.45) is 0. The zero-order valence-electron chi connectivity index (χ0n) is 11.5. The molecule has 108 valence electrons. The lowest BCUT2D eigenvalue weighted by molar-refractivity contribution is -0.153. The highest BCUT2D eigenvalue weighted by atomic mass is 19.1. The van der Waals surface area contributed by atoms with Gasteiger partial charge in [-0.3, -0.25) is 9.59 Å².